The molecule has 24 heavy (non-hydrogen) atoms. The topological polar surface area (TPSA) is 116 Å². The number of ether oxygens (including phenoxy) is 2. The van der Waals surface area contributed by atoms with Crippen molar-refractivity contribution in [2.45, 2.75) is 18.7 Å². The van der Waals surface area contributed by atoms with Gasteiger partial charge in [-0.05, 0) is 37.1 Å². The molecule has 1 heterocycles. The molecule has 0 aliphatic carbocycles. The Morgan fingerprint density at radius 1 is 1.25 bits per heavy atom. The number of sulfonamides is 1. The van der Waals surface area contributed by atoms with Crippen LogP contribution in [0, 0.1) is 13.8 Å². The zero-order valence-electron chi connectivity index (χ0n) is 13.6. The second-order valence-corrected chi connectivity index (χ2v) is 7.06. The summed E-state index contributed by atoms with van der Waals surface area (Å²) in [6.07, 6.45) is 0. The Morgan fingerprint density at radius 2 is 1.88 bits per heavy atom. The molecule has 1 aliphatic rings. The first-order valence-electron chi connectivity index (χ1n) is 7.37. The van der Waals surface area contributed by atoms with Crippen LogP contribution in [0.1, 0.15) is 21.5 Å². The van der Waals surface area contributed by atoms with E-state index in [4.69, 9.17) is 14.6 Å². The quantitative estimate of drug-likeness (QED) is 0.757. The van der Waals surface area contributed by atoms with Crippen LogP contribution < -0.4 is 5.14 Å². The summed E-state index contributed by atoms with van der Waals surface area (Å²) in [5.74, 6) is -1.09. The lowest BCUT2D eigenvalue weighted by Gasteiger charge is -2.26. The molecule has 9 heteroatoms. The van der Waals surface area contributed by atoms with E-state index < -0.39 is 22.6 Å². The lowest BCUT2D eigenvalue weighted by Crippen LogP contribution is -2.42. The highest BCUT2D eigenvalue weighted by molar-refractivity contribution is 7.89. The highest BCUT2D eigenvalue weighted by Crippen LogP contribution is 2.20. The molecule has 0 unspecified atom stereocenters. The molecule has 0 radical (unpaired) electrons. The summed E-state index contributed by atoms with van der Waals surface area (Å²) in [7, 11) is -3.96. The van der Waals surface area contributed by atoms with Crippen molar-refractivity contribution in [2.24, 2.45) is 5.14 Å². The van der Waals surface area contributed by atoms with E-state index in [1.165, 1.54) is 12.1 Å². The number of carbonyl (C=O) groups is 2. The summed E-state index contributed by atoms with van der Waals surface area (Å²) >= 11 is 0. The van der Waals surface area contributed by atoms with E-state index in [9.17, 15) is 18.0 Å². The van der Waals surface area contributed by atoms with Gasteiger partial charge >= 0.3 is 5.97 Å². The Hall–Kier alpha value is -1.97. The number of primary sulfonamides is 1. The number of morpholine rings is 1. The van der Waals surface area contributed by atoms with Gasteiger partial charge in [-0.2, -0.15) is 0 Å². The predicted octanol–water partition coefficient (Wildman–Crippen LogP) is -0.0336. The highest BCUT2D eigenvalue weighted by Gasteiger charge is 2.21. The third-order valence-electron chi connectivity index (χ3n) is 3.85. The molecule has 132 valence electrons. The zero-order chi connectivity index (χ0) is 17.9. The largest absolute Gasteiger partial charge is 0.452 e. The number of hydrogen-bond acceptors (Lipinski definition) is 6. The molecule has 0 saturated carbocycles. The summed E-state index contributed by atoms with van der Waals surface area (Å²) in [5.41, 5.74) is 1.10. The highest BCUT2D eigenvalue weighted by atomic mass is 32.2. The number of nitrogens with zero attached hydrogens (tertiary/aromatic N) is 1. The van der Waals surface area contributed by atoms with Crippen molar-refractivity contribution in [1.29, 1.82) is 0 Å². The number of amides is 1. The van der Waals surface area contributed by atoms with Gasteiger partial charge in [0.15, 0.2) is 6.61 Å². The van der Waals surface area contributed by atoms with E-state index in [-0.39, 0.29) is 16.4 Å². The third-order valence-corrected chi connectivity index (χ3v) is 4.89. The Kier molecular flexibility index (Phi) is 5.58. The number of carbonyl (C=O) groups excluding carboxylic acids is 2. The fourth-order valence-electron chi connectivity index (χ4n) is 2.36. The SMILES string of the molecule is Cc1cc(C(=O)OCC(=O)N2CCOCC2)cc(S(N)(=O)=O)c1C. The van der Waals surface area contributed by atoms with Crippen LogP contribution in [0.4, 0.5) is 0 Å². The maximum atomic E-state index is 12.1. The smallest absolute Gasteiger partial charge is 0.338 e. The normalized spacial score (nSPS) is 15.2. The Bertz CT molecular complexity index is 753. The molecule has 0 spiro atoms. The van der Waals surface area contributed by atoms with Crippen molar-refractivity contribution in [2.75, 3.05) is 32.9 Å². The van der Waals surface area contributed by atoms with Crippen LogP contribution in [0.2, 0.25) is 0 Å². The molecule has 1 aliphatic heterocycles. The first kappa shape index (κ1) is 18.4. The van der Waals surface area contributed by atoms with Crippen LogP contribution in [0.25, 0.3) is 0 Å². The van der Waals surface area contributed by atoms with E-state index in [2.05, 4.69) is 0 Å². The lowest BCUT2D eigenvalue weighted by molar-refractivity contribution is -0.138. The average Bonchev–Trinajstić information content (AvgIpc) is 2.54. The van der Waals surface area contributed by atoms with E-state index in [0.29, 0.717) is 37.4 Å². The van der Waals surface area contributed by atoms with Crippen molar-refractivity contribution in [1.82, 2.24) is 4.90 Å². The minimum Gasteiger partial charge on any atom is -0.452 e. The van der Waals surface area contributed by atoms with Gasteiger partial charge in [-0.25, -0.2) is 18.4 Å². The first-order chi connectivity index (χ1) is 11.2. The molecule has 1 aromatic carbocycles. The summed E-state index contributed by atoms with van der Waals surface area (Å²) < 4.78 is 33.4. The number of rotatable bonds is 4. The minimum absolute atomic E-state index is 0.0388. The fourth-order valence-corrected chi connectivity index (χ4v) is 3.23. The maximum absolute atomic E-state index is 12.1. The maximum Gasteiger partial charge on any atom is 0.338 e. The molecule has 0 atom stereocenters. The number of benzene rings is 1. The Balaban J connectivity index is 2.10. The second-order valence-electron chi connectivity index (χ2n) is 5.53. The number of hydrogen-bond donors (Lipinski definition) is 1. The predicted molar refractivity (Wildman–Crippen MR) is 85.0 cm³/mol. The molecule has 8 nitrogen and oxygen atoms in total. The van der Waals surface area contributed by atoms with Crippen molar-refractivity contribution >= 4 is 21.9 Å². The van der Waals surface area contributed by atoms with Gasteiger partial charge in [-0.1, -0.05) is 0 Å². The number of aryl methyl sites for hydroxylation is 1. The number of nitrogens with two attached hydrogens (primary N) is 1. The third kappa shape index (κ3) is 4.31. The lowest BCUT2D eigenvalue weighted by atomic mass is 10.1. The molecule has 1 fully saturated rings. The monoisotopic (exact) mass is 356 g/mol. The van der Waals surface area contributed by atoms with Crippen LogP contribution in [0.5, 0.6) is 0 Å². The average molecular weight is 356 g/mol. The second kappa shape index (κ2) is 7.29. The summed E-state index contributed by atoms with van der Waals surface area (Å²) in [6, 6.07) is 2.67. The van der Waals surface area contributed by atoms with Crippen molar-refractivity contribution in [3.8, 4) is 0 Å². The van der Waals surface area contributed by atoms with Crippen LogP contribution in [-0.4, -0.2) is 58.1 Å². The fraction of sp³-hybridized carbons (Fsp3) is 0.467. The van der Waals surface area contributed by atoms with Gasteiger partial charge in [0.2, 0.25) is 10.0 Å². The molecule has 2 rings (SSSR count). The van der Waals surface area contributed by atoms with Gasteiger partial charge in [0.05, 0.1) is 23.7 Å². The molecular weight excluding hydrogens is 336 g/mol. The van der Waals surface area contributed by atoms with E-state index in [0.717, 1.165) is 0 Å². The molecule has 1 amide bonds. The zero-order valence-corrected chi connectivity index (χ0v) is 14.4. The van der Waals surface area contributed by atoms with Crippen LogP contribution >= 0.6 is 0 Å². The van der Waals surface area contributed by atoms with E-state index in [1.807, 2.05) is 0 Å². The van der Waals surface area contributed by atoms with Crippen LogP contribution in [0.15, 0.2) is 17.0 Å². The summed E-state index contributed by atoms with van der Waals surface area (Å²) in [6.45, 7) is 4.68. The molecule has 2 N–H and O–H groups in total. The Morgan fingerprint density at radius 3 is 2.46 bits per heavy atom. The molecular formula is C15H20N2O6S. The van der Waals surface area contributed by atoms with Crippen LogP contribution in [-0.2, 0) is 24.3 Å². The molecule has 1 saturated heterocycles. The van der Waals surface area contributed by atoms with E-state index in [1.54, 1.807) is 18.7 Å². The van der Waals surface area contributed by atoms with Gasteiger partial charge in [-0.15, -0.1) is 0 Å². The first-order valence-corrected chi connectivity index (χ1v) is 8.91. The van der Waals surface area contributed by atoms with Crippen molar-refractivity contribution in [3.63, 3.8) is 0 Å². The summed E-state index contributed by atoms with van der Waals surface area (Å²) in [5, 5.41) is 5.16. The van der Waals surface area contributed by atoms with Gasteiger partial charge in [-0.3, -0.25) is 4.79 Å². The van der Waals surface area contributed by atoms with Crippen LogP contribution in [0.3, 0.4) is 0 Å². The van der Waals surface area contributed by atoms with Crippen molar-refractivity contribution < 1.29 is 27.5 Å². The standard InChI is InChI=1S/C15H20N2O6S/c1-10-7-12(8-13(11(10)2)24(16,20)21)15(19)23-9-14(18)17-3-5-22-6-4-17/h7-8H,3-6,9H2,1-2H3,(H2,16,20,21). The van der Waals surface area contributed by atoms with Crippen molar-refractivity contribution in [3.05, 3.63) is 28.8 Å². The van der Waals surface area contributed by atoms with Gasteiger partial charge < -0.3 is 14.4 Å². The molecule has 0 aromatic heterocycles. The van der Waals surface area contributed by atoms with Gasteiger partial charge in [0.1, 0.15) is 0 Å². The minimum atomic E-state index is -3.96. The molecule has 0 bridgehead atoms. The van der Waals surface area contributed by atoms with Gasteiger partial charge in [0.25, 0.3) is 5.91 Å². The van der Waals surface area contributed by atoms with E-state index >= 15 is 0 Å². The number of esters is 1. The summed E-state index contributed by atoms with van der Waals surface area (Å²) in [4.78, 5) is 25.5. The molecule has 1 aromatic rings. The Labute approximate surface area is 140 Å². The van der Waals surface area contributed by atoms with Gasteiger partial charge in [0, 0.05) is 13.1 Å².